The number of carbonyl (C=O) groups excluding carboxylic acids is 1. The molecule has 1 rings (SSSR count). The minimum Gasteiger partial charge on any atom is -0.398 e. The molecule has 1 heterocycles. The van der Waals surface area contributed by atoms with Crippen LogP contribution >= 0.6 is 11.3 Å². The highest BCUT2D eigenvalue weighted by Gasteiger charge is 2.18. The number of carbonyl (C=O) groups is 1. The number of nitrogen functional groups attached to an aromatic ring is 1. The highest BCUT2D eigenvalue weighted by molar-refractivity contribution is 7.14. The molecule has 0 bridgehead atoms. The monoisotopic (exact) mass is 254 g/mol. The number of thiophene rings is 1. The van der Waals surface area contributed by atoms with Crippen molar-refractivity contribution in [1.82, 2.24) is 4.90 Å². The molecule has 0 fully saturated rings. The first kappa shape index (κ1) is 14.0. The molecular formula is C13H22N2OS. The van der Waals surface area contributed by atoms with Crippen LogP contribution in [0.4, 0.5) is 5.69 Å². The van der Waals surface area contributed by atoms with Gasteiger partial charge in [-0.05, 0) is 25.8 Å². The number of rotatable bonds is 5. The molecule has 1 amide bonds. The van der Waals surface area contributed by atoms with Crippen LogP contribution in [0, 0.1) is 12.8 Å². The molecule has 1 aromatic rings. The fraction of sp³-hybridized carbons (Fsp3) is 0.615. The molecule has 4 heteroatoms. The summed E-state index contributed by atoms with van der Waals surface area (Å²) in [5.41, 5.74) is 6.51. The van der Waals surface area contributed by atoms with E-state index in [0.717, 1.165) is 35.0 Å². The van der Waals surface area contributed by atoms with E-state index in [1.807, 2.05) is 18.7 Å². The van der Waals surface area contributed by atoms with Crippen molar-refractivity contribution in [3.05, 3.63) is 15.8 Å². The van der Waals surface area contributed by atoms with Crippen molar-refractivity contribution in [3.8, 4) is 0 Å². The molecule has 2 N–H and O–H groups in total. The molecule has 1 aromatic heterocycles. The molecule has 1 atom stereocenters. The maximum Gasteiger partial charge on any atom is 0.264 e. The van der Waals surface area contributed by atoms with Crippen molar-refractivity contribution in [2.24, 2.45) is 5.92 Å². The van der Waals surface area contributed by atoms with Crippen LogP contribution < -0.4 is 5.73 Å². The average Bonchev–Trinajstić information content (AvgIpc) is 2.65. The van der Waals surface area contributed by atoms with Crippen molar-refractivity contribution < 1.29 is 4.79 Å². The number of nitrogens with zero attached hydrogens (tertiary/aromatic N) is 1. The number of nitrogens with two attached hydrogens (primary N) is 1. The Labute approximate surface area is 108 Å². The molecule has 96 valence electrons. The molecule has 3 nitrogen and oxygen atoms in total. The second-order valence-electron chi connectivity index (χ2n) is 4.48. The molecular weight excluding hydrogens is 232 g/mol. The van der Waals surface area contributed by atoms with E-state index in [4.69, 9.17) is 5.73 Å². The third kappa shape index (κ3) is 3.46. The largest absolute Gasteiger partial charge is 0.398 e. The third-order valence-corrected chi connectivity index (χ3v) is 4.12. The lowest BCUT2D eigenvalue weighted by Gasteiger charge is -2.23. The van der Waals surface area contributed by atoms with Gasteiger partial charge in [0.15, 0.2) is 0 Å². The van der Waals surface area contributed by atoms with Crippen molar-refractivity contribution >= 4 is 22.9 Å². The Morgan fingerprint density at radius 2 is 2.18 bits per heavy atom. The maximum absolute atomic E-state index is 12.3. The third-order valence-electron chi connectivity index (χ3n) is 3.06. The molecule has 0 saturated carbocycles. The number of anilines is 1. The Balaban J connectivity index is 2.79. The second-order valence-corrected chi connectivity index (χ2v) is 5.74. The predicted octanol–water partition coefficient (Wildman–Crippen LogP) is 3.15. The summed E-state index contributed by atoms with van der Waals surface area (Å²) in [6.07, 6.45) is 1.09. The topological polar surface area (TPSA) is 46.3 Å². The SMILES string of the molecule is CCC(C)CN(CC)C(=O)c1cc(N)c(C)s1. The minimum absolute atomic E-state index is 0.109. The Morgan fingerprint density at radius 3 is 2.59 bits per heavy atom. The fourth-order valence-electron chi connectivity index (χ4n) is 1.62. The lowest BCUT2D eigenvalue weighted by Crippen LogP contribution is -2.34. The Hall–Kier alpha value is -1.03. The van der Waals surface area contributed by atoms with Gasteiger partial charge in [0, 0.05) is 23.7 Å². The minimum atomic E-state index is 0.109. The van der Waals surface area contributed by atoms with Gasteiger partial charge in [-0.25, -0.2) is 0 Å². The standard InChI is InChI=1S/C13H22N2OS/c1-5-9(3)8-15(6-2)13(16)12-7-11(14)10(4)17-12/h7,9H,5-6,8,14H2,1-4H3. The van der Waals surface area contributed by atoms with Crippen LogP contribution in [0.1, 0.15) is 41.7 Å². The quantitative estimate of drug-likeness (QED) is 0.877. The predicted molar refractivity (Wildman–Crippen MR) is 74.5 cm³/mol. The van der Waals surface area contributed by atoms with Crippen molar-refractivity contribution in [2.45, 2.75) is 34.1 Å². The van der Waals surface area contributed by atoms with Gasteiger partial charge in [0.1, 0.15) is 0 Å². The van der Waals surface area contributed by atoms with Crippen LogP contribution in [0.15, 0.2) is 6.07 Å². The van der Waals surface area contributed by atoms with E-state index < -0.39 is 0 Å². The molecule has 0 aliphatic carbocycles. The smallest absolute Gasteiger partial charge is 0.264 e. The first-order valence-corrected chi connectivity index (χ1v) is 6.96. The Bertz CT molecular complexity index is 367. The molecule has 0 aliphatic heterocycles. The highest BCUT2D eigenvalue weighted by Crippen LogP contribution is 2.25. The van der Waals surface area contributed by atoms with Gasteiger partial charge in [-0.3, -0.25) is 4.79 Å². The van der Waals surface area contributed by atoms with E-state index in [-0.39, 0.29) is 5.91 Å². The summed E-state index contributed by atoms with van der Waals surface area (Å²) < 4.78 is 0. The van der Waals surface area contributed by atoms with E-state index in [9.17, 15) is 4.79 Å². The molecule has 0 saturated heterocycles. The maximum atomic E-state index is 12.3. The normalized spacial score (nSPS) is 12.5. The van der Waals surface area contributed by atoms with E-state index in [1.165, 1.54) is 11.3 Å². The van der Waals surface area contributed by atoms with Gasteiger partial charge in [-0.15, -0.1) is 11.3 Å². The Kier molecular flexibility index (Phi) is 5.00. The molecule has 0 aliphatic rings. The van der Waals surface area contributed by atoms with Crippen molar-refractivity contribution in [2.75, 3.05) is 18.8 Å². The van der Waals surface area contributed by atoms with E-state index in [0.29, 0.717) is 5.92 Å². The van der Waals surface area contributed by atoms with Gasteiger partial charge >= 0.3 is 0 Å². The zero-order valence-electron chi connectivity index (χ0n) is 11.1. The summed E-state index contributed by atoms with van der Waals surface area (Å²) in [5, 5.41) is 0. The number of amides is 1. The summed E-state index contributed by atoms with van der Waals surface area (Å²) in [5.74, 6) is 0.648. The average molecular weight is 254 g/mol. The van der Waals surface area contributed by atoms with Crippen LogP contribution in [-0.2, 0) is 0 Å². The van der Waals surface area contributed by atoms with Gasteiger partial charge in [0.2, 0.25) is 0 Å². The van der Waals surface area contributed by atoms with Crippen LogP contribution in [-0.4, -0.2) is 23.9 Å². The fourth-order valence-corrected chi connectivity index (χ4v) is 2.53. The number of hydrogen-bond donors (Lipinski definition) is 1. The zero-order chi connectivity index (χ0) is 13.0. The number of hydrogen-bond acceptors (Lipinski definition) is 3. The van der Waals surface area contributed by atoms with Crippen molar-refractivity contribution in [1.29, 1.82) is 0 Å². The molecule has 0 spiro atoms. The zero-order valence-corrected chi connectivity index (χ0v) is 11.9. The van der Waals surface area contributed by atoms with Crippen LogP contribution in [0.25, 0.3) is 0 Å². The summed E-state index contributed by atoms with van der Waals surface area (Å²) in [6, 6.07) is 1.79. The van der Waals surface area contributed by atoms with Crippen molar-refractivity contribution in [3.63, 3.8) is 0 Å². The van der Waals surface area contributed by atoms with Gasteiger partial charge < -0.3 is 10.6 Å². The molecule has 0 aromatic carbocycles. The number of aryl methyl sites for hydroxylation is 1. The summed E-state index contributed by atoms with van der Waals surface area (Å²) in [7, 11) is 0. The molecule has 1 unspecified atom stereocenters. The lowest BCUT2D eigenvalue weighted by molar-refractivity contribution is 0.0746. The first-order chi connectivity index (χ1) is 7.99. The van der Waals surface area contributed by atoms with Gasteiger partial charge in [0.05, 0.1) is 4.88 Å². The van der Waals surface area contributed by atoms with Gasteiger partial charge in [-0.1, -0.05) is 20.3 Å². The van der Waals surface area contributed by atoms with Crippen LogP contribution in [0.3, 0.4) is 0 Å². The second kappa shape index (κ2) is 6.05. The summed E-state index contributed by atoms with van der Waals surface area (Å²) in [4.78, 5) is 16.0. The van der Waals surface area contributed by atoms with Crippen LogP contribution in [0.5, 0.6) is 0 Å². The summed E-state index contributed by atoms with van der Waals surface area (Å²) >= 11 is 1.48. The van der Waals surface area contributed by atoms with E-state index in [1.54, 1.807) is 6.07 Å². The lowest BCUT2D eigenvalue weighted by atomic mass is 10.1. The Morgan fingerprint density at radius 1 is 1.53 bits per heavy atom. The first-order valence-electron chi connectivity index (χ1n) is 6.14. The van der Waals surface area contributed by atoms with E-state index in [2.05, 4.69) is 13.8 Å². The summed E-state index contributed by atoms with van der Waals surface area (Å²) in [6.45, 7) is 9.86. The van der Waals surface area contributed by atoms with Gasteiger partial charge in [-0.2, -0.15) is 0 Å². The van der Waals surface area contributed by atoms with Gasteiger partial charge in [0.25, 0.3) is 5.91 Å². The highest BCUT2D eigenvalue weighted by atomic mass is 32.1. The molecule has 0 radical (unpaired) electrons. The van der Waals surface area contributed by atoms with E-state index >= 15 is 0 Å². The van der Waals surface area contributed by atoms with Crippen LogP contribution in [0.2, 0.25) is 0 Å². The molecule has 17 heavy (non-hydrogen) atoms.